The first-order valence-electron chi connectivity index (χ1n) is 7.11. The molecule has 11 heteroatoms. The number of carbonyl (C=O) groups excluding carboxylic acids is 1. The Balaban J connectivity index is 2.52. The molecule has 1 saturated heterocycles. The molecule has 1 heterocycles. The van der Waals surface area contributed by atoms with E-state index in [9.17, 15) is 31.1 Å². The number of piperidine rings is 1. The van der Waals surface area contributed by atoms with Gasteiger partial charge in [0.2, 0.25) is 5.91 Å². The van der Waals surface area contributed by atoms with Gasteiger partial charge in [-0.15, -0.1) is 0 Å². The highest BCUT2D eigenvalue weighted by molar-refractivity contribution is 5.83. The molecule has 0 saturated carbocycles. The van der Waals surface area contributed by atoms with Gasteiger partial charge in [0.05, 0.1) is 0 Å². The minimum Gasteiger partial charge on any atom is -0.330 e. The van der Waals surface area contributed by atoms with Crippen molar-refractivity contribution in [2.75, 3.05) is 6.54 Å². The number of carbonyl (C=O) groups is 1. The molecule has 0 spiro atoms. The molecule has 136 valence electrons. The maximum absolute atomic E-state index is 14.1. The second kappa shape index (κ2) is 6.83. The molecule has 1 fully saturated rings. The number of hydrogen-bond acceptors (Lipinski definition) is 2. The van der Waals surface area contributed by atoms with Gasteiger partial charge < -0.3 is 4.90 Å². The summed E-state index contributed by atoms with van der Waals surface area (Å²) in [5.74, 6) is -6.49. The summed E-state index contributed by atoms with van der Waals surface area (Å²) in [5, 5.41) is 3.12. The first-order chi connectivity index (χ1) is 11.6. The zero-order valence-corrected chi connectivity index (χ0v) is 12.8. The average Bonchev–Trinajstić information content (AvgIpc) is 2.51. The van der Waals surface area contributed by atoms with Crippen LogP contribution < -0.4 is 0 Å². The normalized spacial score (nSPS) is 24.2. The van der Waals surface area contributed by atoms with Gasteiger partial charge in [-0.2, -0.15) is 13.2 Å². The molecule has 3 atom stereocenters. The summed E-state index contributed by atoms with van der Waals surface area (Å²) in [6.45, 7) is -0.510. The highest BCUT2D eigenvalue weighted by atomic mass is 19.4. The standard InChI is InChI=1S/C14H12F6N4O/c1-6-7(11-8(15)2-3-9(16)12(11)17)4-10(22-23-21)13(25)24(6)5-14(18,19)20/h2-3,6-7,10H,4-5H2,1H3/t6-,7-,10+/m1/s1. The summed E-state index contributed by atoms with van der Waals surface area (Å²) >= 11 is 0. The SMILES string of the molecule is C[C@@H]1[C@H](c2c(F)ccc(F)c2F)C[C@H](N=[N+]=[N-])C(=O)N1CC(F)(F)F. The molecule has 1 aliphatic heterocycles. The van der Waals surface area contributed by atoms with Crippen molar-refractivity contribution in [3.8, 4) is 0 Å². The summed E-state index contributed by atoms with van der Waals surface area (Å²) in [6.07, 6.45) is -5.21. The first-order valence-corrected chi connectivity index (χ1v) is 7.11. The van der Waals surface area contributed by atoms with E-state index in [2.05, 4.69) is 10.0 Å². The Kier molecular flexibility index (Phi) is 5.17. The fourth-order valence-corrected chi connectivity index (χ4v) is 2.96. The van der Waals surface area contributed by atoms with E-state index in [4.69, 9.17) is 5.53 Å². The lowest BCUT2D eigenvalue weighted by molar-refractivity contribution is -0.170. The number of hydrogen-bond donors (Lipinski definition) is 0. The number of alkyl halides is 3. The minimum absolute atomic E-state index is 0.345. The summed E-state index contributed by atoms with van der Waals surface area (Å²) < 4.78 is 79.8. The van der Waals surface area contributed by atoms with Crippen LogP contribution in [0.15, 0.2) is 17.2 Å². The Morgan fingerprint density at radius 1 is 1.28 bits per heavy atom. The van der Waals surface area contributed by atoms with Crippen LogP contribution in [0.5, 0.6) is 0 Å². The highest BCUT2D eigenvalue weighted by Gasteiger charge is 2.46. The van der Waals surface area contributed by atoms with E-state index in [-0.39, 0.29) is 0 Å². The van der Waals surface area contributed by atoms with Gasteiger partial charge >= 0.3 is 6.18 Å². The van der Waals surface area contributed by atoms with E-state index >= 15 is 0 Å². The third-order valence-electron chi connectivity index (χ3n) is 4.11. The van der Waals surface area contributed by atoms with Crippen LogP contribution in [0.2, 0.25) is 0 Å². The topological polar surface area (TPSA) is 69.1 Å². The van der Waals surface area contributed by atoms with Crippen LogP contribution in [0.4, 0.5) is 26.3 Å². The van der Waals surface area contributed by atoms with Gasteiger partial charge in [-0.1, -0.05) is 5.11 Å². The van der Waals surface area contributed by atoms with E-state index in [1.54, 1.807) is 0 Å². The van der Waals surface area contributed by atoms with Crippen LogP contribution in [-0.4, -0.2) is 35.6 Å². The smallest absolute Gasteiger partial charge is 0.330 e. The lowest BCUT2D eigenvalue weighted by Crippen LogP contribution is -2.55. The summed E-state index contributed by atoms with van der Waals surface area (Å²) in [6, 6.07) is -1.67. The van der Waals surface area contributed by atoms with Crippen molar-refractivity contribution in [2.24, 2.45) is 5.11 Å². The minimum atomic E-state index is -4.77. The molecule has 0 radical (unpaired) electrons. The van der Waals surface area contributed by atoms with Gasteiger partial charge in [-0.3, -0.25) is 4.79 Å². The van der Waals surface area contributed by atoms with Gasteiger partial charge in [0.25, 0.3) is 0 Å². The van der Waals surface area contributed by atoms with Gasteiger partial charge in [0, 0.05) is 22.4 Å². The molecule has 0 unspecified atom stereocenters. The third-order valence-corrected chi connectivity index (χ3v) is 4.11. The van der Waals surface area contributed by atoms with Crippen LogP contribution >= 0.6 is 0 Å². The fraction of sp³-hybridized carbons (Fsp3) is 0.500. The van der Waals surface area contributed by atoms with Crippen molar-refractivity contribution in [1.29, 1.82) is 0 Å². The van der Waals surface area contributed by atoms with Gasteiger partial charge in [-0.25, -0.2) is 13.2 Å². The third kappa shape index (κ3) is 3.81. The highest BCUT2D eigenvalue weighted by Crippen LogP contribution is 2.38. The molecule has 0 bridgehead atoms. The van der Waals surface area contributed by atoms with Gasteiger partial charge in [0.1, 0.15) is 18.4 Å². The lowest BCUT2D eigenvalue weighted by atomic mass is 9.81. The van der Waals surface area contributed by atoms with Gasteiger partial charge in [0.15, 0.2) is 11.6 Å². The van der Waals surface area contributed by atoms with Crippen LogP contribution in [0.1, 0.15) is 24.8 Å². The Hall–Kier alpha value is -2.42. The number of benzene rings is 1. The largest absolute Gasteiger partial charge is 0.406 e. The van der Waals surface area contributed by atoms with E-state index in [0.717, 1.165) is 0 Å². The summed E-state index contributed by atoms with van der Waals surface area (Å²) in [5.41, 5.74) is 7.72. The fourth-order valence-electron chi connectivity index (χ4n) is 2.96. The molecule has 1 amide bonds. The van der Waals surface area contributed by atoms with Crippen molar-refractivity contribution in [3.63, 3.8) is 0 Å². The lowest BCUT2D eigenvalue weighted by Gasteiger charge is -2.42. The number of nitrogens with zero attached hydrogens (tertiary/aromatic N) is 4. The van der Waals surface area contributed by atoms with Crippen molar-refractivity contribution >= 4 is 5.91 Å². The molecule has 5 nitrogen and oxygen atoms in total. The van der Waals surface area contributed by atoms with E-state index in [1.807, 2.05) is 0 Å². The zero-order valence-electron chi connectivity index (χ0n) is 12.8. The molecule has 0 aromatic heterocycles. The molecule has 1 aromatic carbocycles. The van der Waals surface area contributed by atoms with Crippen molar-refractivity contribution in [1.82, 2.24) is 4.90 Å². The predicted octanol–water partition coefficient (Wildman–Crippen LogP) is 4.05. The van der Waals surface area contributed by atoms with E-state index in [0.29, 0.717) is 17.0 Å². The predicted molar refractivity (Wildman–Crippen MR) is 73.8 cm³/mol. The molecule has 1 aromatic rings. The zero-order chi connectivity index (χ0) is 18.9. The Labute approximate surface area is 137 Å². The average molecular weight is 366 g/mol. The molecular formula is C14H12F6N4O. The Morgan fingerprint density at radius 3 is 2.44 bits per heavy atom. The number of azide groups is 1. The summed E-state index contributed by atoms with van der Waals surface area (Å²) in [7, 11) is 0. The summed E-state index contributed by atoms with van der Waals surface area (Å²) in [4.78, 5) is 14.9. The monoisotopic (exact) mass is 366 g/mol. The number of amides is 1. The van der Waals surface area contributed by atoms with E-state index in [1.165, 1.54) is 6.92 Å². The van der Waals surface area contributed by atoms with Gasteiger partial charge in [-0.05, 0) is 31.0 Å². The van der Waals surface area contributed by atoms with Crippen molar-refractivity contribution in [2.45, 2.75) is 37.5 Å². The molecule has 0 aliphatic carbocycles. The Bertz CT molecular complexity index is 731. The molecule has 25 heavy (non-hydrogen) atoms. The molecule has 1 aliphatic rings. The van der Waals surface area contributed by atoms with E-state index < -0.39 is 66.1 Å². The quantitative estimate of drug-likeness (QED) is 0.262. The number of rotatable bonds is 3. The molecule has 0 N–H and O–H groups in total. The second-order valence-electron chi connectivity index (χ2n) is 5.64. The maximum Gasteiger partial charge on any atom is 0.406 e. The number of likely N-dealkylation sites (tertiary alicyclic amines) is 1. The van der Waals surface area contributed by atoms with Crippen LogP contribution in [-0.2, 0) is 4.79 Å². The maximum atomic E-state index is 14.1. The van der Waals surface area contributed by atoms with Crippen molar-refractivity contribution in [3.05, 3.63) is 45.6 Å². The number of halogens is 6. The van der Waals surface area contributed by atoms with Crippen LogP contribution in [0.25, 0.3) is 10.4 Å². The molecule has 2 rings (SSSR count). The van der Waals surface area contributed by atoms with Crippen molar-refractivity contribution < 1.29 is 31.1 Å². The van der Waals surface area contributed by atoms with Crippen LogP contribution in [0.3, 0.4) is 0 Å². The first kappa shape index (κ1) is 18.9. The van der Waals surface area contributed by atoms with Crippen LogP contribution in [0, 0.1) is 17.5 Å². The molecular weight excluding hydrogens is 354 g/mol. The Morgan fingerprint density at radius 2 is 1.88 bits per heavy atom. The second-order valence-corrected chi connectivity index (χ2v) is 5.64.